The van der Waals surface area contributed by atoms with Crippen molar-refractivity contribution in [2.24, 2.45) is 0 Å². The first-order chi connectivity index (χ1) is 12.7. The molecule has 3 aromatic rings. The predicted octanol–water partition coefficient (Wildman–Crippen LogP) is 3.15. The number of rotatable bonds is 2. The number of benzene rings is 1. The quantitative estimate of drug-likeness (QED) is 0.773. The van der Waals surface area contributed by atoms with Crippen LogP contribution in [0.15, 0.2) is 30.3 Å². The molecule has 1 N–H and O–H groups in total. The lowest BCUT2D eigenvalue weighted by Gasteiger charge is -2.32. The van der Waals surface area contributed by atoms with Crippen LogP contribution in [0.25, 0.3) is 16.9 Å². The van der Waals surface area contributed by atoms with Crippen LogP contribution in [-0.2, 0) is 12.8 Å². The number of hydrogen-bond donors (Lipinski definition) is 1. The molecule has 0 radical (unpaired) electrons. The lowest BCUT2D eigenvalue weighted by Crippen LogP contribution is -2.37. The number of piperidine rings is 1. The van der Waals surface area contributed by atoms with E-state index < -0.39 is 0 Å². The minimum absolute atomic E-state index is 0.169. The first kappa shape index (κ1) is 15.8. The van der Waals surface area contributed by atoms with Crippen LogP contribution in [-0.4, -0.2) is 38.9 Å². The van der Waals surface area contributed by atoms with Crippen LogP contribution in [0.4, 0.5) is 5.82 Å². The van der Waals surface area contributed by atoms with Gasteiger partial charge in [0.25, 0.3) is 0 Å². The van der Waals surface area contributed by atoms with Gasteiger partial charge in [0, 0.05) is 36.0 Å². The van der Waals surface area contributed by atoms with E-state index in [1.54, 1.807) is 0 Å². The van der Waals surface area contributed by atoms with E-state index in [-0.39, 0.29) is 6.10 Å². The van der Waals surface area contributed by atoms with Crippen molar-refractivity contribution in [2.75, 3.05) is 18.0 Å². The maximum atomic E-state index is 9.89. The van der Waals surface area contributed by atoms with E-state index in [0.29, 0.717) is 0 Å². The Morgan fingerprint density at radius 2 is 1.85 bits per heavy atom. The second kappa shape index (κ2) is 6.09. The highest BCUT2D eigenvalue weighted by Gasteiger charge is 2.27. The van der Waals surface area contributed by atoms with Crippen molar-refractivity contribution in [3.05, 3.63) is 47.2 Å². The molecule has 26 heavy (non-hydrogen) atoms. The Balaban J connectivity index is 1.65. The molecule has 0 spiro atoms. The van der Waals surface area contributed by atoms with Crippen LogP contribution in [0.1, 0.15) is 36.1 Å². The summed E-state index contributed by atoms with van der Waals surface area (Å²) in [5.41, 5.74) is 6.87. The van der Waals surface area contributed by atoms with Crippen molar-refractivity contribution in [1.82, 2.24) is 14.6 Å². The number of fused-ring (bicyclic) bond motifs is 2. The largest absolute Gasteiger partial charge is 0.393 e. The fourth-order valence-electron chi connectivity index (χ4n) is 4.23. The van der Waals surface area contributed by atoms with Gasteiger partial charge < -0.3 is 10.0 Å². The summed E-state index contributed by atoms with van der Waals surface area (Å²) < 4.78 is 2.04. The van der Waals surface area contributed by atoms with E-state index in [9.17, 15) is 5.11 Å². The number of aliphatic hydroxyl groups excluding tert-OH is 1. The second-order valence-electron chi connectivity index (χ2n) is 7.60. The van der Waals surface area contributed by atoms with Gasteiger partial charge in [-0.2, -0.15) is 9.61 Å². The number of anilines is 1. The lowest BCUT2D eigenvalue weighted by atomic mass is 10.1. The fourth-order valence-corrected chi connectivity index (χ4v) is 4.23. The lowest BCUT2D eigenvalue weighted by molar-refractivity contribution is 0.145. The van der Waals surface area contributed by atoms with E-state index in [4.69, 9.17) is 10.1 Å². The zero-order valence-electron chi connectivity index (χ0n) is 15.1. The average Bonchev–Trinajstić information content (AvgIpc) is 3.27. The molecule has 3 heterocycles. The molecule has 2 aromatic heterocycles. The molecule has 5 heteroatoms. The molecule has 1 fully saturated rings. The van der Waals surface area contributed by atoms with Crippen LogP contribution < -0.4 is 4.90 Å². The summed E-state index contributed by atoms with van der Waals surface area (Å²) in [4.78, 5) is 7.31. The van der Waals surface area contributed by atoms with Gasteiger partial charge in [0.05, 0.1) is 11.8 Å². The van der Waals surface area contributed by atoms with Crippen LogP contribution in [0.2, 0.25) is 0 Å². The van der Waals surface area contributed by atoms with Crippen molar-refractivity contribution < 1.29 is 5.11 Å². The van der Waals surface area contributed by atoms with Gasteiger partial charge in [-0.15, -0.1) is 0 Å². The molecule has 0 saturated carbocycles. The third-order valence-electron chi connectivity index (χ3n) is 5.71. The Kier molecular flexibility index (Phi) is 3.71. The topological polar surface area (TPSA) is 53.7 Å². The number of aromatic nitrogens is 3. The SMILES string of the molecule is Cc1ccc(-c2cc3nc4c(c(N5CCC(O)CC5)n3n2)CCC4)cc1. The number of aryl methyl sites for hydroxylation is 2. The predicted molar refractivity (Wildman–Crippen MR) is 103 cm³/mol. The van der Waals surface area contributed by atoms with E-state index >= 15 is 0 Å². The summed E-state index contributed by atoms with van der Waals surface area (Å²) in [5, 5.41) is 14.8. The minimum atomic E-state index is -0.169. The highest BCUT2D eigenvalue weighted by Crippen LogP contribution is 2.34. The highest BCUT2D eigenvalue weighted by atomic mass is 16.3. The van der Waals surface area contributed by atoms with Crippen molar-refractivity contribution in [3.8, 4) is 11.3 Å². The van der Waals surface area contributed by atoms with Crippen LogP contribution in [0.3, 0.4) is 0 Å². The Labute approximate surface area is 153 Å². The normalized spacial score (nSPS) is 17.8. The molecule has 2 aliphatic rings. The Morgan fingerprint density at radius 3 is 2.62 bits per heavy atom. The summed E-state index contributed by atoms with van der Waals surface area (Å²) in [6, 6.07) is 10.6. The molecule has 0 unspecified atom stereocenters. The van der Waals surface area contributed by atoms with E-state index in [0.717, 1.165) is 55.7 Å². The highest BCUT2D eigenvalue weighted by molar-refractivity contribution is 5.68. The fraction of sp³-hybridized carbons (Fsp3) is 0.429. The van der Waals surface area contributed by atoms with Crippen LogP contribution >= 0.6 is 0 Å². The number of hydrogen-bond acceptors (Lipinski definition) is 4. The maximum absolute atomic E-state index is 9.89. The van der Waals surface area contributed by atoms with Gasteiger partial charge in [0.1, 0.15) is 5.82 Å². The summed E-state index contributed by atoms with van der Waals surface area (Å²) >= 11 is 0. The first-order valence-electron chi connectivity index (χ1n) is 9.60. The molecule has 1 aromatic carbocycles. The molecule has 5 rings (SSSR count). The molecule has 134 valence electrons. The molecular formula is C21H24N4O. The molecule has 1 saturated heterocycles. The van der Waals surface area contributed by atoms with Gasteiger partial charge in [-0.25, -0.2) is 4.98 Å². The first-order valence-corrected chi connectivity index (χ1v) is 9.60. The summed E-state index contributed by atoms with van der Waals surface area (Å²) in [6.45, 7) is 3.86. The molecule has 0 amide bonds. The van der Waals surface area contributed by atoms with E-state index in [1.165, 1.54) is 29.1 Å². The van der Waals surface area contributed by atoms with E-state index in [1.807, 2.05) is 4.52 Å². The maximum Gasteiger partial charge on any atom is 0.158 e. The smallest absolute Gasteiger partial charge is 0.158 e. The zero-order chi connectivity index (χ0) is 17.7. The van der Waals surface area contributed by atoms with Gasteiger partial charge >= 0.3 is 0 Å². The van der Waals surface area contributed by atoms with Gasteiger partial charge in [-0.1, -0.05) is 29.8 Å². The molecule has 5 nitrogen and oxygen atoms in total. The molecule has 1 aliphatic carbocycles. The third-order valence-corrected chi connectivity index (χ3v) is 5.71. The van der Waals surface area contributed by atoms with Gasteiger partial charge in [-0.05, 0) is 39.0 Å². The minimum Gasteiger partial charge on any atom is -0.393 e. The number of nitrogens with zero attached hydrogens (tertiary/aromatic N) is 4. The zero-order valence-corrected chi connectivity index (χ0v) is 15.1. The Bertz CT molecular complexity index is 952. The van der Waals surface area contributed by atoms with Gasteiger partial charge in [-0.3, -0.25) is 0 Å². The van der Waals surface area contributed by atoms with Crippen LogP contribution in [0.5, 0.6) is 0 Å². The average molecular weight is 348 g/mol. The molecule has 0 atom stereocenters. The Morgan fingerprint density at radius 1 is 1.08 bits per heavy atom. The van der Waals surface area contributed by atoms with Crippen molar-refractivity contribution in [3.63, 3.8) is 0 Å². The molecular weight excluding hydrogens is 324 g/mol. The standard InChI is InChI=1S/C21H24N4O/c1-14-5-7-15(8-6-14)19-13-20-22-18-4-2-3-17(18)21(25(20)23-19)24-11-9-16(26)10-12-24/h5-8,13,16,26H,2-4,9-12H2,1H3. The van der Waals surface area contributed by atoms with E-state index in [2.05, 4.69) is 42.2 Å². The van der Waals surface area contributed by atoms with Crippen LogP contribution in [0, 0.1) is 6.92 Å². The summed E-state index contributed by atoms with van der Waals surface area (Å²) in [7, 11) is 0. The Hall–Kier alpha value is -2.40. The number of aliphatic hydroxyl groups is 1. The van der Waals surface area contributed by atoms with Crippen molar-refractivity contribution in [2.45, 2.75) is 45.1 Å². The molecule has 1 aliphatic heterocycles. The summed E-state index contributed by atoms with van der Waals surface area (Å²) in [5.74, 6) is 1.20. The molecule has 0 bridgehead atoms. The summed E-state index contributed by atoms with van der Waals surface area (Å²) in [6.07, 6.45) is 4.78. The van der Waals surface area contributed by atoms with Gasteiger partial charge in [0.2, 0.25) is 0 Å². The second-order valence-corrected chi connectivity index (χ2v) is 7.60. The van der Waals surface area contributed by atoms with Crippen molar-refractivity contribution >= 4 is 11.5 Å². The van der Waals surface area contributed by atoms with Gasteiger partial charge in [0.15, 0.2) is 5.65 Å². The monoisotopic (exact) mass is 348 g/mol. The van der Waals surface area contributed by atoms with Crippen molar-refractivity contribution in [1.29, 1.82) is 0 Å². The third kappa shape index (κ3) is 2.58.